The van der Waals surface area contributed by atoms with Gasteiger partial charge in [0.1, 0.15) is 0 Å². The standard InChI is InChI=1S/C15H18N2O4/c18-13(17-8-4-7-12(17)9-14(19)20)10-16-15(21)11-5-2-1-3-6-11/h1-3,5-6,12H,4,7-10H2,(H,16,21)(H,19,20). The first-order chi connectivity index (χ1) is 10.1. The zero-order valence-electron chi connectivity index (χ0n) is 11.6. The maximum Gasteiger partial charge on any atom is 0.305 e. The summed E-state index contributed by atoms with van der Waals surface area (Å²) in [4.78, 5) is 36.3. The molecule has 2 amide bonds. The second-order valence-electron chi connectivity index (χ2n) is 5.03. The van der Waals surface area contributed by atoms with E-state index in [1.165, 1.54) is 0 Å². The van der Waals surface area contributed by atoms with Crippen LogP contribution in [0.4, 0.5) is 0 Å². The molecule has 1 fully saturated rings. The van der Waals surface area contributed by atoms with E-state index in [1.807, 2.05) is 6.07 Å². The second kappa shape index (κ2) is 6.88. The molecular formula is C15H18N2O4. The van der Waals surface area contributed by atoms with Crippen LogP contribution in [0.3, 0.4) is 0 Å². The van der Waals surface area contributed by atoms with Crippen molar-refractivity contribution in [3.8, 4) is 0 Å². The molecule has 1 unspecified atom stereocenters. The van der Waals surface area contributed by atoms with Crippen LogP contribution >= 0.6 is 0 Å². The van der Waals surface area contributed by atoms with Crippen LogP contribution in [0.1, 0.15) is 29.6 Å². The molecule has 1 atom stereocenters. The first-order valence-electron chi connectivity index (χ1n) is 6.92. The molecule has 0 saturated carbocycles. The Hall–Kier alpha value is -2.37. The second-order valence-corrected chi connectivity index (χ2v) is 5.03. The Morgan fingerprint density at radius 2 is 1.95 bits per heavy atom. The smallest absolute Gasteiger partial charge is 0.305 e. The Morgan fingerprint density at radius 3 is 2.62 bits per heavy atom. The third-order valence-corrected chi connectivity index (χ3v) is 3.54. The number of carbonyl (C=O) groups excluding carboxylic acids is 2. The normalized spacial score (nSPS) is 17.5. The van der Waals surface area contributed by atoms with Gasteiger partial charge in [-0.25, -0.2) is 0 Å². The van der Waals surface area contributed by atoms with Gasteiger partial charge in [-0.15, -0.1) is 0 Å². The van der Waals surface area contributed by atoms with Gasteiger partial charge in [0.25, 0.3) is 5.91 Å². The molecule has 0 bridgehead atoms. The van der Waals surface area contributed by atoms with Crippen molar-refractivity contribution in [1.29, 1.82) is 0 Å². The summed E-state index contributed by atoms with van der Waals surface area (Å²) in [6.45, 7) is 0.446. The van der Waals surface area contributed by atoms with Crippen LogP contribution in [0, 0.1) is 0 Å². The SMILES string of the molecule is O=C(O)CC1CCCN1C(=O)CNC(=O)c1ccccc1. The Morgan fingerprint density at radius 1 is 1.24 bits per heavy atom. The van der Waals surface area contributed by atoms with E-state index in [-0.39, 0.29) is 30.8 Å². The number of carbonyl (C=O) groups is 3. The van der Waals surface area contributed by atoms with Crippen molar-refractivity contribution in [2.24, 2.45) is 0 Å². The number of nitrogens with zero attached hydrogens (tertiary/aromatic N) is 1. The van der Waals surface area contributed by atoms with Gasteiger partial charge in [-0.3, -0.25) is 14.4 Å². The lowest BCUT2D eigenvalue weighted by atomic mass is 10.1. The van der Waals surface area contributed by atoms with E-state index in [0.29, 0.717) is 18.5 Å². The lowest BCUT2D eigenvalue weighted by molar-refractivity contribution is -0.139. The molecule has 6 heteroatoms. The number of amides is 2. The Kier molecular flexibility index (Phi) is 4.92. The van der Waals surface area contributed by atoms with E-state index in [2.05, 4.69) is 5.32 Å². The quantitative estimate of drug-likeness (QED) is 0.843. The molecule has 0 aromatic heterocycles. The number of carboxylic acid groups (broad SMARTS) is 1. The highest BCUT2D eigenvalue weighted by atomic mass is 16.4. The van der Waals surface area contributed by atoms with Gasteiger partial charge in [-0.1, -0.05) is 18.2 Å². The highest BCUT2D eigenvalue weighted by Gasteiger charge is 2.30. The van der Waals surface area contributed by atoms with E-state index in [9.17, 15) is 14.4 Å². The zero-order valence-corrected chi connectivity index (χ0v) is 11.6. The van der Waals surface area contributed by atoms with E-state index in [0.717, 1.165) is 6.42 Å². The van der Waals surface area contributed by atoms with Crippen molar-refractivity contribution in [3.05, 3.63) is 35.9 Å². The summed E-state index contributed by atoms with van der Waals surface area (Å²) in [5, 5.41) is 11.4. The minimum Gasteiger partial charge on any atom is -0.481 e. The monoisotopic (exact) mass is 290 g/mol. The van der Waals surface area contributed by atoms with Gasteiger partial charge in [-0.05, 0) is 25.0 Å². The summed E-state index contributed by atoms with van der Waals surface area (Å²) in [5.74, 6) is -1.45. The average molecular weight is 290 g/mol. The van der Waals surface area contributed by atoms with E-state index in [1.54, 1.807) is 29.2 Å². The van der Waals surface area contributed by atoms with Crippen molar-refractivity contribution in [2.45, 2.75) is 25.3 Å². The maximum absolute atomic E-state index is 12.1. The summed E-state index contributed by atoms with van der Waals surface area (Å²) in [7, 11) is 0. The molecule has 21 heavy (non-hydrogen) atoms. The molecule has 1 heterocycles. The number of carboxylic acids is 1. The third kappa shape index (κ3) is 4.05. The molecule has 1 aromatic carbocycles. The first-order valence-corrected chi connectivity index (χ1v) is 6.92. The molecule has 1 aliphatic heterocycles. The molecule has 2 N–H and O–H groups in total. The van der Waals surface area contributed by atoms with Gasteiger partial charge < -0.3 is 15.3 Å². The van der Waals surface area contributed by atoms with Crippen LogP contribution < -0.4 is 5.32 Å². The predicted octanol–water partition coefficient (Wildman–Crippen LogP) is 0.882. The molecule has 6 nitrogen and oxygen atoms in total. The van der Waals surface area contributed by atoms with Gasteiger partial charge in [0.15, 0.2) is 0 Å². The third-order valence-electron chi connectivity index (χ3n) is 3.54. The highest BCUT2D eigenvalue weighted by Crippen LogP contribution is 2.19. The molecule has 0 radical (unpaired) electrons. The summed E-state index contributed by atoms with van der Waals surface area (Å²) < 4.78 is 0. The highest BCUT2D eigenvalue weighted by molar-refractivity contribution is 5.96. The van der Waals surface area contributed by atoms with Crippen molar-refractivity contribution in [3.63, 3.8) is 0 Å². The zero-order chi connectivity index (χ0) is 15.2. The molecule has 1 saturated heterocycles. The first kappa shape index (κ1) is 15.0. The van der Waals surface area contributed by atoms with E-state index >= 15 is 0 Å². The molecule has 1 aromatic rings. The van der Waals surface area contributed by atoms with Crippen LogP contribution in [0.2, 0.25) is 0 Å². The molecular weight excluding hydrogens is 272 g/mol. The summed E-state index contributed by atoms with van der Waals surface area (Å²) in [6, 6.07) is 8.39. The average Bonchev–Trinajstić information content (AvgIpc) is 2.92. The molecule has 0 aliphatic carbocycles. The fraction of sp³-hybridized carbons (Fsp3) is 0.400. The fourth-order valence-corrected chi connectivity index (χ4v) is 2.53. The largest absolute Gasteiger partial charge is 0.481 e. The predicted molar refractivity (Wildman–Crippen MR) is 75.8 cm³/mol. The number of likely N-dealkylation sites (tertiary alicyclic amines) is 1. The molecule has 0 spiro atoms. The number of rotatable bonds is 5. The van der Waals surface area contributed by atoms with E-state index in [4.69, 9.17) is 5.11 Å². The van der Waals surface area contributed by atoms with Gasteiger partial charge in [0.2, 0.25) is 5.91 Å². The van der Waals surface area contributed by atoms with E-state index < -0.39 is 5.97 Å². The summed E-state index contributed by atoms with van der Waals surface area (Å²) in [6.07, 6.45) is 1.46. The van der Waals surface area contributed by atoms with Gasteiger partial charge in [0, 0.05) is 18.2 Å². The number of aliphatic carboxylic acids is 1. The van der Waals surface area contributed by atoms with Crippen molar-refractivity contribution < 1.29 is 19.5 Å². The number of hydrogen-bond donors (Lipinski definition) is 2. The number of nitrogens with one attached hydrogen (secondary N) is 1. The molecule has 2 rings (SSSR count). The Bertz CT molecular complexity index is 530. The Balaban J connectivity index is 1.87. The van der Waals surface area contributed by atoms with Crippen molar-refractivity contribution >= 4 is 17.8 Å². The fourth-order valence-electron chi connectivity index (χ4n) is 2.53. The lowest BCUT2D eigenvalue weighted by Gasteiger charge is -2.23. The molecule has 1 aliphatic rings. The van der Waals surface area contributed by atoms with Gasteiger partial charge >= 0.3 is 5.97 Å². The maximum atomic E-state index is 12.1. The van der Waals surface area contributed by atoms with Crippen LogP contribution in [0.25, 0.3) is 0 Å². The summed E-state index contributed by atoms with van der Waals surface area (Å²) >= 11 is 0. The number of benzene rings is 1. The van der Waals surface area contributed by atoms with Crippen LogP contribution in [-0.2, 0) is 9.59 Å². The van der Waals surface area contributed by atoms with Crippen molar-refractivity contribution in [2.75, 3.05) is 13.1 Å². The minimum atomic E-state index is -0.909. The van der Waals surface area contributed by atoms with Crippen LogP contribution in [0.5, 0.6) is 0 Å². The van der Waals surface area contributed by atoms with Gasteiger partial charge in [-0.2, -0.15) is 0 Å². The lowest BCUT2D eigenvalue weighted by Crippen LogP contribution is -2.43. The minimum absolute atomic E-state index is 0.0433. The van der Waals surface area contributed by atoms with Crippen LogP contribution in [-0.4, -0.2) is 46.9 Å². The van der Waals surface area contributed by atoms with Crippen molar-refractivity contribution in [1.82, 2.24) is 10.2 Å². The topological polar surface area (TPSA) is 86.7 Å². The van der Waals surface area contributed by atoms with Crippen LogP contribution in [0.15, 0.2) is 30.3 Å². The Labute approximate surface area is 122 Å². The molecule has 112 valence electrons. The number of hydrogen-bond acceptors (Lipinski definition) is 3. The summed E-state index contributed by atoms with van der Waals surface area (Å²) in [5.41, 5.74) is 0.494. The van der Waals surface area contributed by atoms with Gasteiger partial charge in [0.05, 0.1) is 13.0 Å².